The van der Waals surface area contributed by atoms with E-state index in [2.05, 4.69) is 108 Å². The van der Waals surface area contributed by atoms with Gasteiger partial charge in [-0.3, -0.25) is 4.79 Å². The lowest BCUT2D eigenvalue weighted by Crippen LogP contribution is -2.30. The molecule has 0 radical (unpaired) electrons. The first-order valence-electron chi connectivity index (χ1n) is 14.7. The Kier molecular flexibility index (Phi) is 6.81. The van der Waals surface area contributed by atoms with E-state index in [0.717, 1.165) is 74.8 Å². The van der Waals surface area contributed by atoms with E-state index in [4.69, 9.17) is 4.74 Å². The molecule has 0 spiro atoms. The first kappa shape index (κ1) is 26.5. The van der Waals surface area contributed by atoms with Crippen molar-refractivity contribution in [2.45, 2.75) is 32.2 Å². The number of nitrogens with zero attached hydrogens (tertiary/aromatic N) is 4. The van der Waals surface area contributed by atoms with E-state index in [-0.39, 0.29) is 12.0 Å². The van der Waals surface area contributed by atoms with Crippen LogP contribution in [0.1, 0.15) is 23.1 Å². The molecule has 6 nitrogen and oxygen atoms in total. The highest BCUT2D eigenvalue weighted by atomic mass is 16.5. The molecule has 42 heavy (non-hydrogen) atoms. The van der Waals surface area contributed by atoms with Crippen molar-refractivity contribution >= 4 is 38.9 Å². The molecule has 5 aromatic rings. The maximum Gasteiger partial charge on any atom is 0.259 e. The van der Waals surface area contributed by atoms with Crippen LogP contribution < -0.4 is 0 Å². The average molecular weight is 557 g/mol. The minimum atomic E-state index is -0.00650. The number of allylic oxidation sites excluding steroid dienone is 1. The molecule has 2 aliphatic rings. The van der Waals surface area contributed by atoms with Crippen molar-refractivity contribution in [3.8, 4) is 0 Å². The van der Waals surface area contributed by atoms with Gasteiger partial charge < -0.3 is 23.7 Å². The van der Waals surface area contributed by atoms with Gasteiger partial charge in [-0.1, -0.05) is 73.3 Å². The lowest BCUT2D eigenvalue weighted by atomic mass is 9.95. The third-order valence-electron chi connectivity index (χ3n) is 8.57. The Hall–Kier alpha value is -4.39. The highest BCUT2D eigenvalue weighted by Crippen LogP contribution is 2.46. The van der Waals surface area contributed by atoms with Crippen molar-refractivity contribution in [3.63, 3.8) is 0 Å². The molecular formula is C36H36N4O2. The SMILES string of the molecule is C=C1C2=C(C(=O)N1Cc1ccccc1)c1cn(c3ccccc13)CCO[C@@H](CN(C)C)CCn1cc2c2ccccc21. The summed E-state index contributed by atoms with van der Waals surface area (Å²) in [6.45, 7) is 8.03. The lowest BCUT2D eigenvalue weighted by molar-refractivity contribution is -0.122. The number of para-hydroxylation sites is 2. The molecule has 0 aliphatic carbocycles. The van der Waals surface area contributed by atoms with E-state index in [9.17, 15) is 4.79 Å². The van der Waals surface area contributed by atoms with E-state index in [1.54, 1.807) is 0 Å². The van der Waals surface area contributed by atoms with Crippen LogP contribution in [0.3, 0.4) is 0 Å². The normalized spacial score (nSPS) is 17.9. The zero-order valence-electron chi connectivity index (χ0n) is 24.3. The topological polar surface area (TPSA) is 42.6 Å². The second-order valence-electron chi connectivity index (χ2n) is 11.6. The van der Waals surface area contributed by atoms with Gasteiger partial charge >= 0.3 is 0 Å². The number of hydrogen-bond acceptors (Lipinski definition) is 3. The molecule has 0 fully saturated rings. The highest BCUT2D eigenvalue weighted by Gasteiger charge is 2.38. The molecule has 0 saturated carbocycles. The van der Waals surface area contributed by atoms with E-state index in [1.165, 1.54) is 0 Å². The Bertz CT molecular complexity index is 1840. The van der Waals surface area contributed by atoms with Crippen LogP contribution in [0, 0.1) is 0 Å². The van der Waals surface area contributed by atoms with Gasteiger partial charge in [-0.25, -0.2) is 0 Å². The molecule has 0 saturated heterocycles. The van der Waals surface area contributed by atoms with Crippen molar-refractivity contribution in [3.05, 3.63) is 120 Å². The zero-order chi connectivity index (χ0) is 28.8. The second kappa shape index (κ2) is 10.8. The Morgan fingerprint density at radius 3 is 2.07 bits per heavy atom. The summed E-state index contributed by atoms with van der Waals surface area (Å²) >= 11 is 0. The maximum atomic E-state index is 14.5. The summed E-state index contributed by atoms with van der Waals surface area (Å²) in [7, 11) is 4.20. The second-order valence-corrected chi connectivity index (χ2v) is 11.6. The van der Waals surface area contributed by atoms with Gasteiger partial charge in [0.25, 0.3) is 5.91 Å². The van der Waals surface area contributed by atoms with Gasteiger partial charge in [0, 0.05) is 76.2 Å². The molecule has 0 N–H and O–H groups in total. The van der Waals surface area contributed by atoms with E-state index >= 15 is 0 Å². The van der Waals surface area contributed by atoms with E-state index in [1.807, 2.05) is 23.1 Å². The fourth-order valence-corrected chi connectivity index (χ4v) is 6.61. The third kappa shape index (κ3) is 4.57. The first-order valence-corrected chi connectivity index (χ1v) is 14.7. The summed E-state index contributed by atoms with van der Waals surface area (Å²) in [6, 6.07) is 27.0. The van der Waals surface area contributed by atoms with E-state index < -0.39 is 0 Å². The van der Waals surface area contributed by atoms with Crippen molar-refractivity contribution < 1.29 is 9.53 Å². The maximum absolute atomic E-state index is 14.5. The molecule has 2 aromatic heterocycles. The number of carbonyl (C=O) groups excluding carboxylic acids is 1. The third-order valence-corrected chi connectivity index (χ3v) is 8.57. The number of carbonyl (C=O) groups is 1. The number of benzene rings is 3. The summed E-state index contributed by atoms with van der Waals surface area (Å²) in [4.78, 5) is 18.6. The molecule has 212 valence electrons. The summed E-state index contributed by atoms with van der Waals surface area (Å²) < 4.78 is 11.1. The number of aryl methyl sites for hydroxylation is 1. The molecule has 1 amide bonds. The van der Waals surface area contributed by atoms with Crippen LogP contribution in [0.4, 0.5) is 0 Å². The molecule has 3 aromatic carbocycles. The van der Waals surface area contributed by atoms with Gasteiger partial charge in [-0.05, 0) is 38.2 Å². The number of likely N-dealkylation sites (N-methyl/N-ethyl adjacent to an activating group) is 1. The Morgan fingerprint density at radius 1 is 0.810 bits per heavy atom. The van der Waals surface area contributed by atoms with Crippen molar-refractivity contribution in [2.24, 2.45) is 0 Å². The standard InChI is InChI=1S/C36H36N4O2/c1-25-34-30-23-38(32-15-9-7-13-28(30)32)18-17-27(22-37(2)3)42-20-19-39-24-31(29-14-8-10-16-33(29)39)35(34)36(41)40(25)21-26-11-5-4-6-12-26/h4-16,23-24,27H,1,17-22H2,2-3H3/t27-/m1/s1. The molecule has 7 rings (SSSR count). The summed E-state index contributed by atoms with van der Waals surface area (Å²) in [5, 5.41) is 2.19. The zero-order valence-corrected chi connectivity index (χ0v) is 24.3. The van der Waals surface area contributed by atoms with Gasteiger partial charge in [0.15, 0.2) is 0 Å². The molecule has 4 bridgehead atoms. The monoisotopic (exact) mass is 556 g/mol. The van der Waals surface area contributed by atoms with E-state index in [0.29, 0.717) is 19.7 Å². The van der Waals surface area contributed by atoms with Crippen LogP contribution in [-0.4, -0.2) is 58.2 Å². The highest BCUT2D eigenvalue weighted by molar-refractivity contribution is 6.36. The van der Waals surface area contributed by atoms with Gasteiger partial charge in [0.1, 0.15) is 0 Å². The molecule has 0 unspecified atom stereocenters. The predicted octanol–water partition coefficient (Wildman–Crippen LogP) is 6.41. The van der Waals surface area contributed by atoms with Crippen molar-refractivity contribution in [1.82, 2.24) is 18.9 Å². The average Bonchev–Trinajstić information content (AvgIpc) is 3.62. The minimum absolute atomic E-state index is 0.00650. The molecule has 6 heteroatoms. The number of rotatable bonds is 4. The molecule has 4 heterocycles. The van der Waals surface area contributed by atoms with Gasteiger partial charge in [-0.15, -0.1) is 0 Å². The van der Waals surface area contributed by atoms with Crippen LogP contribution in [-0.2, 0) is 29.2 Å². The Balaban J connectivity index is 1.46. The predicted molar refractivity (Wildman–Crippen MR) is 170 cm³/mol. The molecule has 2 aliphatic heterocycles. The van der Waals surface area contributed by atoms with Crippen LogP contribution in [0.2, 0.25) is 0 Å². The fourth-order valence-electron chi connectivity index (χ4n) is 6.61. The van der Waals surface area contributed by atoms with Gasteiger partial charge in [-0.2, -0.15) is 0 Å². The van der Waals surface area contributed by atoms with Gasteiger partial charge in [0.05, 0.1) is 24.8 Å². The molecular weight excluding hydrogens is 520 g/mol. The number of fused-ring (bicyclic) bond motifs is 12. The Morgan fingerprint density at radius 2 is 1.40 bits per heavy atom. The number of ether oxygens (including phenoxy) is 1. The summed E-state index contributed by atoms with van der Waals surface area (Å²) in [5.74, 6) is -0.00650. The van der Waals surface area contributed by atoms with Crippen LogP contribution in [0.5, 0.6) is 0 Å². The first-order chi connectivity index (χ1) is 20.5. The smallest absolute Gasteiger partial charge is 0.259 e. The quantitative estimate of drug-likeness (QED) is 0.257. The largest absolute Gasteiger partial charge is 0.375 e. The van der Waals surface area contributed by atoms with Gasteiger partial charge in [0.2, 0.25) is 0 Å². The minimum Gasteiger partial charge on any atom is -0.375 e. The summed E-state index contributed by atoms with van der Waals surface area (Å²) in [5.41, 5.74) is 7.72. The lowest BCUT2D eigenvalue weighted by Gasteiger charge is -2.22. The number of amides is 1. The number of aromatic nitrogens is 2. The van der Waals surface area contributed by atoms with Crippen LogP contribution in [0.25, 0.3) is 33.0 Å². The van der Waals surface area contributed by atoms with Crippen LogP contribution in [0.15, 0.2) is 104 Å². The number of hydrogen-bond donors (Lipinski definition) is 0. The fraction of sp³-hybridized carbons (Fsp3) is 0.250. The van der Waals surface area contributed by atoms with Crippen molar-refractivity contribution in [1.29, 1.82) is 0 Å². The molecule has 1 atom stereocenters. The van der Waals surface area contributed by atoms with Crippen molar-refractivity contribution in [2.75, 3.05) is 27.2 Å². The van der Waals surface area contributed by atoms with Crippen LogP contribution >= 0.6 is 0 Å². The summed E-state index contributed by atoms with van der Waals surface area (Å²) in [6.07, 6.45) is 5.36. The Labute approximate surface area is 246 Å².